The van der Waals surface area contributed by atoms with Gasteiger partial charge in [0.1, 0.15) is 0 Å². The zero-order valence-electron chi connectivity index (χ0n) is 9.50. The molecule has 0 amide bonds. The average Bonchev–Trinajstić information content (AvgIpc) is 2.35. The topological polar surface area (TPSA) is 48.9 Å². The van der Waals surface area contributed by atoms with Crippen LogP contribution in [-0.4, -0.2) is 20.9 Å². The molecule has 4 heteroatoms. The third-order valence-electron chi connectivity index (χ3n) is 2.32. The molecule has 0 fully saturated rings. The minimum atomic E-state index is -0.562. The van der Waals surface area contributed by atoms with Crippen LogP contribution in [0.4, 0.5) is 0 Å². The summed E-state index contributed by atoms with van der Waals surface area (Å²) in [6, 6.07) is 0. The van der Waals surface area contributed by atoms with Crippen molar-refractivity contribution in [3.8, 4) is 0 Å². The van der Waals surface area contributed by atoms with E-state index in [4.69, 9.17) is 0 Å². The highest BCUT2D eigenvalue weighted by Gasteiger charge is 2.29. The monoisotopic (exact) mass is 216 g/mol. The van der Waals surface area contributed by atoms with Crippen LogP contribution in [0.3, 0.4) is 0 Å². The molecule has 0 bridgehead atoms. The fourth-order valence-corrected chi connectivity index (χ4v) is 0.360. The van der Waals surface area contributed by atoms with Crippen molar-refractivity contribution in [2.75, 3.05) is 0 Å². The fourth-order valence-electron chi connectivity index (χ4n) is 0.244. The van der Waals surface area contributed by atoms with Gasteiger partial charge in [-0.1, -0.05) is 20.8 Å². The largest absolute Gasteiger partial charge is 0.390 e. The maximum atomic E-state index is 9.35. The van der Waals surface area contributed by atoms with E-state index in [1.807, 2.05) is 34.6 Å². The Balaban J connectivity index is 0.000000249. The highest BCUT2D eigenvalue weighted by Crippen LogP contribution is 2.28. The maximum Gasteiger partial charge on any atom is 0.0639 e. The molecule has 0 atom stereocenters. The first kappa shape index (κ1) is 13.5. The maximum absolute atomic E-state index is 9.35. The zero-order valence-corrected chi connectivity index (χ0v) is 10.4. The van der Waals surface area contributed by atoms with Gasteiger partial charge < -0.3 is 5.11 Å². The summed E-state index contributed by atoms with van der Waals surface area (Å²) in [6.07, 6.45) is 3.35. The molecule has 0 spiro atoms. The van der Waals surface area contributed by atoms with Crippen LogP contribution in [0, 0.1) is 5.41 Å². The third kappa shape index (κ3) is 5.29. The molecule has 14 heavy (non-hydrogen) atoms. The van der Waals surface area contributed by atoms with Crippen LogP contribution in [0.25, 0.3) is 0 Å². The number of hydrogen-bond acceptors (Lipinski definition) is 3. The summed E-state index contributed by atoms with van der Waals surface area (Å²) in [5.74, 6) is 0. The summed E-state index contributed by atoms with van der Waals surface area (Å²) in [7, 11) is 0. The van der Waals surface area contributed by atoms with Crippen LogP contribution < -0.4 is 0 Å². The van der Waals surface area contributed by atoms with Crippen molar-refractivity contribution in [3.05, 3.63) is 12.4 Å². The molecule has 1 aromatic heterocycles. The molecule has 0 aromatic carbocycles. The summed E-state index contributed by atoms with van der Waals surface area (Å²) in [6.45, 7) is 9.72. The second-order valence-electron chi connectivity index (χ2n) is 4.77. The average molecular weight is 216 g/mol. The molecule has 0 aliphatic heterocycles. The van der Waals surface area contributed by atoms with Crippen LogP contribution in [0.15, 0.2) is 17.3 Å². The molecule has 82 valence electrons. The second kappa shape index (κ2) is 4.84. The van der Waals surface area contributed by atoms with E-state index >= 15 is 0 Å². The first-order chi connectivity index (χ1) is 6.14. The quantitative estimate of drug-likeness (QED) is 0.584. The summed E-state index contributed by atoms with van der Waals surface area (Å²) in [5, 5.41) is 15.6. The highest BCUT2D eigenvalue weighted by atomic mass is 32.1. The Labute approximate surface area is 91.3 Å². The predicted octanol–water partition coefficient (Wildman–Crippen LogP) is 2.50. The molecule has 0 radical (unpaired) electrons. The summed E-state index contributed by atoms with van der Waals surface area (Å²) >= 11 is 3.94. The SMILES string of the molecule is CC(C)(C)C(C)(C)O.Sc1cn[nH]c1. The van der Waals surface area contributed by atoms with Crippen molar-refractivity contribution in [2.45, 2.75) is 45.1 Å². The van der Waals surface area contributed by atoms with Gasteiger partial charge in [-0.15, -0.1) is 12.6 Å². The van der Waals surface area contributed by atoms with Crippen LogP contribution >= 0.6 is 12.6 Å². The lowest BCUT2D eigenvalue weighted by Gasteiger charge is -2.33. The van der Waals surface area contributed by atoms with E-state index in [9.17, 15) is 5.11 Å². The lowest BCUT2D eigenvalue weighted by Crippen LogP contribution is -2.35. The third-order valence-corrected chi connectivity index (χ3v) is 2.56. The van der Waals surface area contributed by atoms with Gasteiger partial charge in [-0.2, -0.15) is 5.10 Å². The number of aliphatic hydroxyl groups is 1. The first-order valence-electron chi connectivity index (χ1n) is 4.55. The van der Waals surface area contributed by atoms with E-state index in [1.54, 1.807) is 12.4 Å². The Kier molecular flexibility index (Phi) is 4.68. The lowest BCUT2D eigenvalue weighted by atomic mass is 9.79. The molecule has 0 unspecified atom stereocenters. The molecule has 0 saturated carbocycles. The van der Waals surface area contributed by atoms with Gasteiger partial charge in [0.25, 0.3) is 0 Å². The van der Waals surface area contributed by atoms with Gasteiger partial charge in [0.2, 0.25) is 0 Å². The molecule has 0 aliphatic rings. The second-order valence-corrected chi connectivity index (χ2v) is 5.28. The number of H-pyrrole nitrogens is 1. The Morgan fingerprint density at radius 1 is 1.29 bits per heavy atom. The Morgan fingerprint density at radius 3 is 1.79 bits per heavy atom. The van der Waals surface area contributed by atoms with Crippen molar-refractivity contribution < 1.29 is 5.11 Å². The van der Waals surface area contributed by atoms with Crippen molar-refractivity contribution >= 4 is 12.6 Å². The standard InChI is InChI=1S/C7H16O.C3H4N2S/c1-6(2,3)7(4,5)8;6-3-1-4-5-2-3/h8H,1-5H3;1-2,6H,(H,4,5). The van der Waals surface area contributed by atoms with E-state index in [-0.39, 0.29) is 5.41 Å². The van der Waals surface area contributed by atoms with Crippen LogP contribution in [0.2, 0.25) is 0 Å². The van der Waals surface area contributed by atoms with E-state index < -0.39 is 5.60 Å². The minimum absolute atomic E-state index is 0.00694. The number of aromatic nitrogens is 2. The Morgan fingerprint density at radius 2 is 1.71 bits per heavy atom. The van der Waals surface area contributed by atoms with Crippen molar-refractivity contribution in [3.63, 3.8) is 0 Å². The van der Waals surface area contributed by atoms with Gasteiger partial charge in [0, 0.05) is 11.1 Å². The van der Waals surface area contributed by atoms with E-state index in [0.29, 0.717) is 0 Å². The highest BCUT2D eigenvalue weighted by molar-refractivity contribution is 7.80. The Bertz CT molecular complexity index is 232. The van der Waals surface area contributed by atoms with Crippen LogP contribution in [0.1, 0.15) is 34.6 Å². The normalized spacial score (nSPS) is 11.9. The molecule has 1 rings (SSSR count). The van der Waals surface area contributed by atoms with Gasteiger partial charge in [0.15, 0.2) is 0 Å². The first-order valence-corrected chi connectivity index (χ1v) is 4.99. The summed E-state index contributed by atoms with van der Waals surface area (Å²) in [5.41, 5.74) is -0.569. The van der Waals surface area contributed by atoms with E-state index in [1.165, 1.54) is 0 Å². The van der Waals surface area contributed by atoms with Gasteiger partial charge in [-0.05, 0) is 19.3 Å². The number of thiol groups is 1. The van der Waals surface area contributed by atoms with E-state index in [2.05, 4.69) is 22.8 Å². The van der Waals surface area contributed by atoms with Crippen LogP contribution in [-0.2, 0) is 0 Å². The molecule has 3 nitrogen and oxygen atoms in total. The number of nitrogens with zero attached hydrogens (tertiary/aromatic N) is 1. The summed E-state index contributed by atoms with van der Waals surface area (Å²) in [4.78, 5) is 0.870. The van der Waals surface area contributed by atoms with Crippen molar-refractivity contribution in [1.29, 1.82) is 0 Å². The van der Waals surface area contributed by atoms with Gasteiger partial charge in [-0.3, -0.25) is 5.10 Å². The number of nitrogens with one attached hydrogen (secondary N) is 1. The van der Waals surface area contributed by atoms with Crippen molar-refractivity contribution in [2.24, 2.45) is 5.41 Å². The molecule has 1 aromatic rings. The van der Waals surface area contributed by atoms with E-state index in [0.717, 1.165) is 4.90 Å². The predicted molar refractivity (Wildman–Crippen MR) is 61.6 cm³/mol. The van der Waals surface area contributed by atoms with Crippen molar-refractivity contribution in [1.82, 2.24) is 10.2 Å². The smallest absolute Gasteiger partial charge is 0.0639 e. The molecule has 1 heterocycles. The Hall–Kier alpha value is -0.480. The summed E-state index contributed by atoms with van der Waals surface area (Å²) < 4.78 is 0. The molecule has 0 aliphatic carbocycles. The zero-order chi connectivity index (χ0) is 11.4. The fraction of sp³-hybridized carbons (Fsp3) is 0.700. The lowest BCUT2D eigenvalue weighted by molar-refractivity contribution is -0.0238. The van der Waals surface area contributed by atoms with Crippen LogP contribution in [0.5, 0.6) is 0 Å². The molecule has 2 N–H and O–H groups in total. The minimum Gasteiger partial charge on any atom is -0.390 e. The number of aromatic amines is 1. The molecule has 0 saturated heterocycles. The molecular weight excluding hydrogens is 196 g/mol. The number of hydrogen-bond donors (Lipinski definition) is 3. The van der Waals surface area contributed by atoms with Gasteiger partial charge in [0.05, 0.1) is 11.8 Å². The van der Waals surface area contributed by atoms with Gasteiger partial charge in [-0.25, -0.2) is 0 Å². The van der Waals surface area contributed by atoms with Gasteiger partial charge >= 0.3 is 0 Å². The number of rotatable bonds is 0. The molecular formula is C10H20N2OS.